The van der Waals surface area contributed by atoms with Crippen molar-refractivity contribution in [1.82, 2.24) is 0 Å². The lowest BCUT2D eigenvalue weighted by Crippen LogP contribution is -2.07. The van der Waals surface area contributed by atoms with Crippen LogP contribution in [0.25, 0.3) is 0 Å². The second kappa shape index (κ2) is 4.32. The van der Waals surface area contributed by atoms with E-state index in [1.807, 2.05) is 6.92 Å². The lowest BCUT2D eigenvalue weighted by atomic mass is 9.89. The van der Waals surface area contributed by atoms with Crippen LogP contribution in [-0.2, 0) is 4.79 Å². The molecule has 1 nitrogen and oxygen atoms in total. The number of allylic oxidation sites excluding steroid dienone is 2. The summed E-state index contributed by atoms with van der Waals surface area (Å²) in [5, 5.41) is 0. The Bertz CT molecular complexity index is 149. The van der Waals surface area contributed by atoms with E-state index in [0.717, 1.165) is 6.42 Å². The third-order valence-corrected chi connectivity index (χ3v) is 1.47. The van der Waals surface area contributed by atoms with Gasteiger partial charge in [-0.05, 0) is 24.8 Å². The Hall–Kier alpha value is -0.590. The Balaban J connectivity index is 3.63. The summed E-state index contributed by atoms with van der Waals surface area (Å²) in [6.07, 6.45) is 5.08. The Morgan fingerprint density at radius 3 is 2.27 bits per heavy atom. The van der Waals surface area contributed by atoms with Crippen LogP contribution in [0.4, 0.5) is 0 Å². The van der Waals surface area contributed by atoms with Crippen molar-refractivity contribution in [3.05, 3.63) is 12.2 Å². The summed E-state index contributed by atoms with van der Waals surface area (Å²) in [5.74, 6) is 0.238. The van der Waals surface area contributed by atoms with E-state index < -0.39 is 0 Å². The molecule has 0 fully saturated rings. The van der Waals surface area contributed by atoms with Crippen LogP contribution in [0.15, 0.2) is 12.2 Å². The molecular weight excluding hydrogens is 136 g/mol. The van der Waals surface area contributed by atoms with Gasteiger partial charge >= 0.3 is 0 Å². The Kier molecular flexibility index (Phi) is 4.09. The minimum absolute atomic E-state index is 0.238. The molecule has 0 heterocycles. The maximum atomic E-state index is 11.0. The molecule has 0 unspecified atom stereocenters. The number of hydrogen-bond acceptors (Lipinski definition) is 1. The normalized spacial score (nSPS) is 12.4. The molecule has 11 heavy (non-hydrogen) atoms. The molecule has 0 aliphatic heterocycles. The van der Waals surface area contributed by atoms with E-state index in [1.165, 1.54) is 0 Å². The first-order chi connectivity index (χ1) is 4.95. The summed E-state index contributed by atoms with van der Waals surface area (Å²) in [4.78, 5) is 11.0. The molecule has 0 aliphatic rings. The Labute approximate surface area is 69.5 Å². The quantitative estimate of drug-likeness (QED) is 0.571. The highest BCUT2D eigenvalue weighted by molar-refractivity contribution is 5.89. The predicted molar refractivity (Wildman–Crippen MR) is 48.5 cm³/mol. The third-order valence-electron chi connectivity index (χ3n) is 1.47. The van der Waals surface area contributed by atoms with Gasteiger partial charge in [-0.2, -0.15) is 0 Å². The van der Waals surface area contributed by atoms with Crippen LogP contribution < -0.4 is 0 Å². The van der Waals surface area contributed by atoms with E-state index in [9.17, 15) is 4.79 Å². The van der Waals surface area contributed by atoms with Crippen LogP contribution in [-0.4, -0.2) is 5.78 Å². The second-order valence-corrected chi connectivity index (χ2v) is 4.03. The van der Waals surface area contributed by atoms with Gasteiger partial charge in [-0.1, -0.05) is 26.8 Å². The van der Waals surface area contributed by atoms with Gasteiger partial charge in [-0.25, -0.2) is 0 Å². The fourth-order valence-electron chi connectivity index (χ4n) is 0.767. The van der Waals surface area contributed by atoms with Crippen LogP contribution in [0.1, 0.15) is 40.5 Å². The number of ketones is 1. The zero-order valence-electron chi connectivity index (χ0n) is 7.98. The first kappa shape index (κ1) is 10.4. The second-order valence-electron chi connectivity index (χ2n) is 4.03. The molecule has 0 N–H and O–H groups in total. The summed E-state index contributed by atoms with van der Waals surface area (Å²) < 4.78 is 0. The molecule has 0 rings (SSSR count). The molecule has 0 atom stereocenters. The molecule has 1 heteroatoms. The molecule has 0 saturated heterocycles. The maximum absolute atomic E-state index is 11.0. The van der Waals surface area contributed by atoms with Crippen molar-refractivity contribution in [2.45, 2.75) is 40.5 Å². The van der Waals surface area contributed by atoms with Crippen molar-refractivity contribution >= 4 is 5.78 Å². The van der Waals surface area contributed by atoms with Gasteiger partial charge in [-0.15, -0.1) is 0 Å². The van der Waals surface area contributed by atoms with Gasteiger partial charge in [0.2, 0.25) is 0 Å². The summed E-state index contributed by atoms with van der Waals surface area (Å²) in [7, 11) is 0. The molecule has 0 aromatic carbocycles. The van der Waals surface area contributed by atoms with Gasteiger partial charge in [-0.3, -0.25) is 4.79 Å². The predicted octanol–water partition coefficient (Wildman–Crippen LogP) is 2.96. The van der Waals surface area contributed by atoms with Crippen LogP contribution in [0.5, 0.6) is 0 Å². The van der Waals surface area contributed by atoms with Crippen LogP contribution in [0, 0.1) is 5.41 Å². The van der Waals surface area contributed by atoms with Gasteiger partial charge in [0, 0.05) is 6.42 Å². The van der Waals surface area contributed by atoms with Crippen LogP contribution in [0.2, 0.25) is 0 Å². The molecule has 0 radical (unpaired) electrons. The molecule has 0 saturated carbocycles. The molecule has 0 spiro atoms. The third kappa shape index (κ3) is 7.31. The average Bonchev–Trinajstić information content (AvgIpc) is 1.83. The van der Waals surface area contributed by atoms with E-state index in [0.29, 0.717) is 6.42 Å². The topological polar surface area (TPSA) is 17.1 Å². The van der Waals surface area contributed by atoms with E-state index >= 15 is 0 Å². The molecular formula is C10H18O. The minimum atomic E-state index is 0.238. The van der Waals surface area contributed by atoms with Crippen molar-refractivity contribution in [3.8, 4) is 0 Å². The number of carbonyl (C=O) groups excluding carboxylic acids is 1. The molecule has 0 bridgehead atoms. The Morgan fingerprint density at radius 1 is 1.36 bits per heavy atom. The summed E-state index contributed by atoms with van der Waals surface area (Å²) >= 11 is 0. The van der Waals surface area contributed by atoms with Crippen molar-refractivity contribution in [3.63, 3.8) is 0 Å². The highest BCUT2D eigenvalue weighted by Gasteiger charge is 2.10. The molecule has 0 aromatic heterocycles. The van der Waals surface area contributed by atoms with Crippen molar-refractivity contribution in [2.24, 2.45) is 5.41 Å². The van der Waals surface area contributed by atoms with E-state index in [4.69, 9.17) is 0 Å². The molecule has 64 valence electrons. The van der Waals surface area contributed by atoms with E-state index in [-0.39, 0.29) is 11.2 Å². The van der Waals surface area contributed by atoms with Gasteiger partial charge in [0.15, 0.2) is 5.78 Å². The number of rotatable bonds is 3. The van der Waals surface area contributed by atoms with E-state index in [2.05, 4.69) is 20.8 Å². The summed E-state index contributed by atoms with van der Waals surface area (Å²) in [6, 6.07) is 0. The fourth-order valence-corrected chi connectivity index (χ4v) is 0.767. The maximum Gasteiger partial charge on any atom is 0.155 e. The fraction of sp³-hybridized carbons (Fsp3) is 0.700. The lowest BCUT2D eigenvalue weighted by Gasteiger charge is -2.16. The van der Waals surface area contributed by atoms with Crippen LogP contribution >= 0.6 is 0 Å². The first-order valence-corrected chi connectivity index (χ1v) is 4.11. The zero-order chi connectivity index (χ0) is 8.91. The molecule has 0 amide bonds. The molecule has 0 aromatic rings. The zero-order valence-corrected chi connectivity index (χ0v) is 7.98. The Morgan fingerprint density at radius 2 is 1.91 bits per heavy atom. The smallest absolute Gasteiger partial charge is 0.155 e. The van der Waals surface area contributed by atoms with Crippen molar-refractivity contribution < 1.29 is 4.79 Å². The molecule has 0 aliphatic carbocycles. The summed E-state index contributed by atoms with van der Waals surface area (Å²) in [5.41, 5.74) is 0.275. The van der Waals surface area contributed by atoms with Crippen molar-refractivity contribution in [1.29, 1.82) is 0 Å². The van der Waals surface area contributed by atoms with Gasteiger partial charge in [0.05, 0.1) is 0 Å². The summed E-state index contributed by atoms with van der Waals surface area (Å²) in [6.45, 7) is 8.32. The van der Waals surface area contributed by atoms with Gasteiger partial charge in [0.1, 0.15) is 0 Å². The monoisotopic (exact) mass is 154 g/mol. The SMILES string of the molecule is C/C=C/C(=O)CCC(C)(C)C. The number of carbonyl (C=O) groups is 1. The van der Waals surface area contributed by atoms with Crippen molar-refractivity contribution in [2.75, 3.05) is 0 Å². The van der Waals surface area contributed by atoms with E-state index in [1.54, 1.807) is 12.2 Å². The lowest BCUT2D eigenvalue weighted by molar-refractivity contribution is -0.115. The standard InChI is InChI=1S/C10H18O/c1-5-6-9(11)7-8-10(2,3)4/h5-6H,7-8H2,1-4H3/b6-5+. The highest BCUT2D eigenvalue weighted by Crippen LogP contribution is 2.20. The van der Waals surface area contributed by atoms with Gasteiger partial charge in [0.25, 0.3) is 0 Å². The first-order valence-electron chi connectivity index (χ1n) is 4.11. The average molecular weight is 154 g/mol. The highest BCUT2D eigenvalue weighted by atomic mass is 16.1. The minimum Gasteiger partial charge on any atom is -0.295 e. The van der Waals surface area contributed by atoms with Crippen LogP contribution in [0.3, 0.4) is 0 Å². The largest absolute Gasteiger partial charge is 0.295 e. The number of hydrogen-bond donors (Lipinski definition) is 0. The van der Waals surface area contributed by atoms with Gasteiger partial charge < -0.3 is 0 Å².